The second-order valence-electron chi connectivity index (χ2n) is 5.63. The number of nitrogens with one attached hydrogen (secondary N) is 1. The fraction of sp³-hybridized carbons (Fsp3) is 0.533. The lowest BCUT2D eigenvalue weighted by molar-refractivity contribution is 0.0932. The van der Waals surface area contributed by atoms with Crippen LogP contribution in [0.1, 0.15) is 37.0 Å². The molecular weight excluding hydrogens is 256 g/mol. The maximum atomic E-state index is 12.1. The lowest BCUT2D eigenvalue weighted by Gasteiger charge is -2.24. The third-order valence-corrected chi connectivity index (χ3v) is 3.23. The molecule has 1 aromatic carbocycles. The first-order valence-electron chi connectivity index (χ1n) is 6.72. The van der Waals surface area contributed by atoms with Gasteiger partial charge >= 0.3 is 0 Å². The smallest absolute Gasteiger partial charge is 0.251 e. The molecule has 0 aliphatic rings. The summed E-state index contributed by atoms with van der Waals surface area (Å²) in [7, 11) is 1.52. The van der Waals surface area contributed by atoms with Gasteiger partial charge in [0, 0.05) is 18.7 Å². The van der Waals surface area contributed by atoms with E-state index in [1.54, 1.807) is 18.2 Å². The minimum atomic E-state index is -0.152. The van der Waals surface area contributed by atoms with Crippen LogP contribution in [0.4, 0.5) is 5.69 Å². The van der Waals surface area contributed by atoms with E-state index in [0.717, 1.165) is 12.8 Å². The van der Waals surface area contributed by atoms with Crippen molar-refractivity contribution in [1.82, 2.24) is 5.32 Å². The molecule has 0 unspecified atom stereocenters. The molecule has 0 radical (unpaired) electrons. The van der Waals surface area contributed by atoms with Crippen molar-refractivity contribution >= 4 is 11.6 Å². The highest BCUT2D eigenvalue weighted by atomic mass is 16.5. The van der Waals surface area contributed by atoms with Crippen LogP contribution in [-0.4, -0.2) is 31.3 Å². The summed E-state index contributed by atoms with van der Waals surface area (Å²) >= 11 is 0. The van der Waals surface area contributed by atoms with Crippen molar-refractivity contribution in [1.29, 1.82) is 0 Å². The highest BCUT2D eigenvalue weighted by Gasteiger charge is 2.19. The Balaban J connectivity index is 2.63. The van der Waals surface area contributed by atoms with E-state index < -0.39 is 0 Å². The molecule has 0 fully saturated rings. The van der Waals surface area contributed by atoms with Gasteiger partial charge in [0.25, 0.3) is 5.91 Å². The number of hydrogen-bond acceptors (Lipinski definition) is 4. The molecule has 0 spiro atoms. The number of benzene rings is 1. The minimum Gasteiger partial charge on any atom is -0.495 e. The van der Waals surface area contributed by atoms with Crippen molar-refractivity contribution in [2.75, 3.05) is 26.0 Å². The summed E-state index contributed by atoms with van der Waals surface area (Å²) in [6.45, 7) is 4.85. The largest absolute Gasteiger partial charge is 0.495 e. The van der Waals surface area contributed by atoms with Gasteiger partial charge in [0.2, 0.25) is 0 Å². The summed E-state index contributed by atoms with van der Waals surface area (Å²) in [6.07, 6.45) is 1.59. The normalized spacial score (nSPS) is 11.2. The third kappa shape index (κ3) is 4.74. The Bertz CT molecular complexity index is 458. The number of aliphatic hydroxyl groups is 1. The zero-order valence-electron chi connectivity index (χ0n) is 12.4. The first-order chi connectivity index (χ1) is 9.39. The lowest BCUT2D eigenvalue weighted by atomic mass is 9.88. The van der Waals surface area contributed by atoms with Crippen LogP contribution in [-0.2, 0) is 0 Å². The molecule has 0 atom stereocenters. The van der Waals surface area contributed by atoms with Crippen molar-refractivity contribution < 1.29 is 14.6 Å². The number of hydrogen-bond donors (Lipinski definition) is 3. The summed E-state index contributed by atoms with van der Waals surface area (Å²) < 4.78 is 5.10. The maximum Gasteiger partial charge on any atom is 0.251 e. The van der Waals surface area contributed by atoms with Gasteiger partial charge in [0.1, 0.15) is 5.75 Å². The highest BCUT2D eigenvalue weighted by molar-refractivity contribution is 5.95. The summed E-state index contributed by atoms with van der Waals surface area (Å²) in [5.74, 6) is 0.345. The number of carbonyl (C=O) groups excluding carboxylic acids is 1. The number of nitrogen functional groups attached to an aromatic ring is 1. The number of anilines is 1. The van der Waals surface area contributed by atoms with E-state index in [9.17, 15) is 4.79 Å². The zero-order valence-corrected chi connectivity index (χ0v) is 12.4. The average Bonchev–Trinajstić information content (AvgIpc) is 2.43. The van der Waals surface area contributed by atoms with E-state index in [1.165, 1.54) is 7.11 Å². The second kappa shape index (κ2) is 7.14. The van der Waals surface area contributed by atoms with Gasteiger partial charge in [-0.3, -0.25) is 4.79 Å². The molecule has 5 heteroatoms. The summed E-state index contributed by atoms with van der Waals surface area (Å²) in [5, 5.41) is 11.8. The van der Waals surface area contributed by atoms with Crippen molar-refractivity contribution in [3.63, 3.8) is 0 Å². The Hall–Kier alpha value is -1.75. The fourth-order valence-electron chi connectivity index (χ4n) is 1.92. The number of methoxy groups -OCH3 is 1. The van der Waals surface area contributed by atoms with Crippen molar-refractivity contribution in [3.05, 3.63) is 23.8 Å². The number of ether oxygens (including phenoxy) is 1. The van der Waals surface area contributed by atoms with Crippen LogP contribution in [0.25, 0.3) is 0 Å². The van der Waals surface area contributed by atoms with E-state index in [4.69, 9.17) is 15.6 Å². The molecule has 20 heavy (non-hydrogen) atoms. The summed E-state index contributed by atoms with van der Waals surface area (Å²) in [4.78, 5) is 12.1. The number of carbonyl (C=O) groups is 1. The molecule has 0 aliphatic heterocycles. The summed E-state index contributed by atoms with van der Waals surface area (Å²) in [5.41, 5.74) is 6.70. The number of rotatable bonds is 7. The summed E-state index contributed by atoms with van der Waals surface area (Å²) in [6, 6.07) is 4.96. The molecule has 1 amide bonds. The SMILES string of the molecule is COc1cc(C(=O)NCC(C)(C)CCCO)ccc1N. The molecule has 0 heterocycles. The van der Waals surface area contributed by atoms with E-state index in [1.807, 2.05) is 0 Å². The van der Waals surface area contributed by atoms with Crippen molar-refractivity contribution in [2.45, 2.75) is 26.7 Å². The van der Waals surface area contributed by atoms with Crippen LogP contribution in [0, 0.1) is 5.41 Å². The van der Waals surface area contributed by atoms with Gasteiger partial charge in [-0.2, -0.15) is 0 Å². The molecule has 1 aromatic rings. The topological polar surface area (TPSA) is 84.6 Å². The molecule has 0 saturated carbocycles. The second-order valence-corrected chi connectivity index (χ2v) is 5.63. The Morgan fingerprint density at radius 3 is 2.75 bits per heavy atom. The standard InChI is InChI=1S/C15H24N2O3/c1-15(2,7-4-8-18)10-17-14(19)11-5-6-12(16)13(9-11)20-3/h5-6,9,18H,4,7-8,10,16H2,1-3H3,(H,17,19). The first-order valence-corrected chi connectivity index (χ1v) is 6.72. The molecule has 5 nitrogen and oxygen atoms in total. The minimum absolute atomic E-state index is 0.0454. The van der Waals surface area contributed by atoms with Gasteiger partial charge in [-0.15, -0.1) is 0 Å². The molecule has 0 aliphatic carbocycles. The van der Waals surface area contributed by atoms with Gasteiger partial charge in [-0.1, -0.05) is 13.8 Å². The third-order valence-electron chi connectivity index (χ3n) is 3.23. The van der Waals surface area contributed by atoms with Crippen molar-refractivity contribution in [3.8, 4) is 5.75 Å². The van der Waals surface area contributed by atoms with Crippen LogP contribution in [0.2, 0.25) is 0 Å². The van der Waals surface area contributed by atoms with Gasteiger partial charge in [-0.05, 0) is 36.5 Å². The van der Waals surface area contributed by atoms with Crippen LogP contribution in [0.3, 0.4) is 0 Å². The molecule has 0 bridgehead atoms. The molecule has 0 saturated heterocycles. The highest BCUT2D eigenvalue weighted by Crippen LogP contribution is 2.23. The molecule has 112 valence electrons. The quantitative estimate of drug-likeness (QED) is 0.665. The van der Waals surface area contributed by atoms with Gasteiger partial charge in [-0.25, -0.2) is 0 Å². The predicted octanol–water partition coefficient (Wildman–Crippen LogP) is 1.81. The van der Waals surface area contributed by atoms with Crippen LogP contribution >= 0.6 is 0 Å². The Morgan fingerprint density at radius 2 is 2.15 bits per heavy atom. The van der Waals surface area contributed by atoms with Crippen molar-refractivity contribution in [2.24, 2.45) is 5.41 Å². The van der Waals surface area contributed by atoms with Crippen LogP contribution in [0.15, 0.2) is 18.2 Å². The predicted molar refractivity (Wildman–Crippen MR) is 79.8 cm³/mol. The first kappa shape index (κ1) is 16.3. The molecule has 4 N–H and O–H groups in total. The van der Waals surface area contributed by atoms with Gasteiger partial charge in [0.05, 0.1) is 12.8 Å². The van der Waals surface area contributed by atoms with Gasteiger partial charge < -0.3 is 20.9 Å². The number of amides is 1. The Labute approximate surface area is 120 Å². The van der Waals surface area contributed by atoms with E-state index in [-0.39, 0.29) is 17.9 Å². The van der Waals surface area contributed by atoms with E-state index in [2.05, 4.69) is 19.2 Å². The monoisotopic (exact) mass is 280 g/mol. The molecular formula is C15H24N2O3. The maximum absolute atomic E-state index is 12.1. The van der Waals surface area contributed by atoms with E-state index >= 15 is 0 Å². The lowest BCUT2D eigenvalue weighted by Crippen LogP contribution is -2.34. The fourth-order valence-corrected chi connectivity index (χ4v) is 1.92. The number of nitrogens with two attached hydrogens (primary N) is 1. The Kier molecular flexibility index (Phi) is 5.82. The average molecular weight is 280 g/mol. The number of aliphatic hydroxyl groups excluding tert-OH is 1. The van der Waals surface area contributed by atoms with Crippen LogP contribution < -0.4 is 15.8 Å². The molecule has 0 aromatic heterocycles. The van der Waals surface area contributed by atoms with Gasteiger partial charge in [0.15, 0.2) is 0 Å². The van der Waals surface area contributed by atoms with Crippen LogP contribution in [0.5, 0.6) is 5.75 Å². The van der Waals surface area contributed by atoms with E-state index in [0.29, 0.717) is 23.5 Å². The molecule has 1 rings (SSSR count). The zero-order chi connectivity index (χ0) is 15.2. The Morgan fingerprint density at radius 1 is 1.45 bits per heavy atom.